The molecule has 2 aromatic rings. The number of aliphatic carboxylic acids is 1. The summed E-state index contributed by atoms with van der Waals surface area (Å²) in [6.07, 6.45) is 1.87. The van der Waals surface area contributed by atoms with Crippen molar-refractivity contribution in [3.05, 3.63) is 72.3 Å². The van der Waals surface area contributed by atoms with Gasteiger partial charge in [0.2, 0.25) is 5.91 Å². The van der Waals surface area contributed by atoms with Gasteiger partial charge >= 0.3 is 12.1 Å². The Bertz CT molecular complexity index is 1000. The molecule has 180 valence electrons. The number of rotatable bonds is 11. The highest BCUT2D eigenvalue weighted by atomic mass is 16.5. The molecule has 0 spiro atoms. The van der Waals surface area contributed by atoms with E-state index < -0.39 is 30.1 Å². The van der Waals surface area contributed by atoms with Crippen LogP contribution in [0.2, 0.25) is 0 Å². The van der Waals surface area contributed by atoms with Crippen molar-refractivity contribution < 1.29 is 24.2 Å². The Kier molecular flexibility index (Phi) is 8.46. The Morgan fingerprint density at radius 3 is 2.09 bits per heavy atom. The van der Waals surface area contributed by atoms with Gasteiger partial charge in [-0.3, -0.25) is 4.79 Å². The van der Waals surface area contributed by atoms with Crippen LogP contribution < -0.4 is 10.6 Å². The van der Waals surface area contributed by atoms with Gasteiger partial charge in [0.05, 0.1) is 0 Å². The van der Waals surface area contributed by atoms with Gasteiger partial charge in [0.25, 0.3) is 0 Å². The Balaban J connectivity index is 1.62. The van der Waals surface area contributed by atoms with Crippen molar-refractivity contribution in [2.45, 2.75) is 51.1 Å². The Hall–Kier alpha value is -3.61. The van der Waals surface area contributed by atoms with Gasteiger partial charge in [-0.2, -0.15) is 0 Å². The number of nitrogens with one attached hydrogen (secondary N) is 2. The minimum atomic E-state index is -1.10. The summed E-state index contributed by atoms with van der Waals surface area (Å²) in [7, 11) is 0. The van der Waals surface area contributed by atoms with Crippen LogP contribution in [0, 0.1) is 5.92 Å². The summed E-state index contributed by atoms with van der Waals surface area (Å²) in [5, 5.41) is 14.5. The Morgan fingerprint density at radius 2 is 1.56 bits per heavy atom. The zero-order valence-corrected chi connectivity index (χ0v) is 19.6. The quantitative estimate of drug-likeness (QED) is 0.426. The summed E-state index contributed by atoms with van der Waals surface area (Å²) >= 11 is 0. The fraction of sp³-hybridized carbons (Fsp3) is 0.370. The molecule has 1 aliphatic rings. The first-order chi connectivity index (χ1) is 16.3. The molecule has 0 saturated heterocycles. The molecule has 2 unspecified atom stereocenters. The number of fused-ring (bicyclic) bond motifs is 3. The van der Waals surface area contributed by atoms with Gasteiger partial charge in [0.1, 0.15) is 18.7 Å². The number of carboxylic acid groups (broad SMARTS) is 1. The van der Waals surface area contributed by atoms with Crippen LogP contribution in [0.1, 0.15) is 50.2 Å². The molecule has 0 heterocycles. The number of carboxylic acids is 1. The lowest BCUT2D eigenvalue weighted by Crippen LogP contribution is -2.51. The number of carbonyl (C=O) groups excluding carboxylic acids is 2. The van der Waals surface area contributed by atoms with Crippen LogP contribution in [0.4, 0.5) is 4.79 Å². The number of alkyl carbamates (subject to hydrolysis) is 1. The third-order valence-corrected chi connectivity index (χ3v) is 6.00. The molecule has 0 fully saturated rings. The van der Waals surface area contributed by atoms with E-state index in [1.165, 1.54) is 6.08 Å². The van der Waals surface area contributed by atoms with E-state index in [1.807, 2.05) is 50.2 Å². The molecule has 0 saturated carbocycles. The molecule has 7 heteroatoms. The monoisotopic (exact) mass is 464 g/mol. The van der Waals surface area contributed by atoms with E-state index in [4.69, 9.17) is 4.74 Å². The second-order valence-corrected chi connectivity index (χ2v) is 8.92. The first-order valence-corrected chi connectivity index (χ1v) is 11.6. The average molecular weight is 465 g/mol. The van der Waals surface area contributed by atoms with E-state index in [1.54, 1.807) is 0 Å². The summed E-state index contributed by atoms with van der Waals surface area (Å²) in [5.41, 5.74) is 4.42. The third kappa shape index (κ3) is 6.04. The maximum atomic E-state index is 12.7. The maximum Gasteiger partial charge on any atom is 0.407 e. The van der Waals surface area contributed by atoms with Crippen LogP contribution in [0.25, 0.3) is 11.1 Å². The van der Waals surface area contributed by atoms with Crippen LogP contribution >= 0.6 is 0 Å². The van der Waals surface area contributed by atoms with Crippen molar-refractivity contribution in [1.82, 2.24) is 10.6 Å². The van der Waals surface area contributed by atoms with Gasteiger partial charge in [0.15, 0.2) is 0 Å². The molecule has 2 amide bonds. The predicted molar refractivity (Wildman–Crippen MR) is 130 cm³/mol. The van der Waals surface area contributed by atoms with Crippen molar-refractivity contribution in [1.29, 1.82) is 0 Å². The van der Waals surface area contributed by atoms with E-state index in [2.05, 4.69) is 29.3 Å². The molecule has 1 aliphatic carbocycles. The number of amides is 2. The molecule has 0 aliphatic heterocycles. The first kappa shape index (κ1) is 25.0. The predicted octanol–water partition coefficient (Wildman–Crippen LogP) is 4.48. The standard InChI is InChI=1S/C27H32N2O5/c1-4-9-23(25(30)28-24(26(31)32)15-14-17(2)3)29-27(33)34-16-22-20-12-7-5-10-18(20)19-11-6-8-13-21(19)22/h4-8,10-13,17,22-24H,1,9,14-16H2,2-3H3,(H,28,30)(H,29,33)(H,31,32). The zero-order valence-electron chi connectivity index (χ0n) is 19.6. The summed E-state index contributed by atoms with van der Waals surface area (Å²) in [6.45, 7) is 7.73. The minimum absolute atomic E-state index is 0.0998. The number of carbonyl (C=O) groups is 3. The smallest absolute Gasteiger partial charge is 0.407 e. The highest BCUT2D eigenvalue weighted by molar-refractivity contribution is 5.89. The number of ether oxygens (including phenoxy) is 1. The molecular weight excluding hydrogens is 432 g/mol. The van der Waals surface area contributed by atoms with Gasteiger partial charge in [-0.15, -0.1) is 6.58 Å². The van der Waals surface area contributed by atoms with E-state index in [0.717, 1.165) is 22.3 Å². The zero-order chi connectivity index (χ0) is 24.7. The lowest BCUT2D eigenvalue weighted by Gasteiger charge is -2.21. The normalized spacial score (nSPS) is 14.0. The van der Waals surface area contributed by atoms with Crippen LogP contribution in [0.15, 0.2) is 61.2 Å². The Labute approximate surface area is 200 Å². The second kappa shape index (κ2) is 11.5. The molecule has 0 bridgehead atoms. The van der Waals surface area contributed by atoms with Gasteiger partial charge in [-0.1, -0.05) is 68.5 Å². The van der Waals surface area contributed by atoms with E-state index in [-0.39, 0.29) is 18.9 Å². The SMILES string of the molecule is C=CCC(NC(=O)OCC1c2ccccc2-c2ccccc21)C(=O)NC(CCC(C)C)C(=O)O. The van der Waals surface area contributed by atoms with Crippen molar-refractivity contribution >= 4 is 18.0 Å². The highest BCUT2D eigenvalue weighted by Gasteiger charge is 2.30. The summed E-state index contributed by atoms with van der Waals surface area (Å²) < 4.78 is 5.52. The van der Waals surface area contributed by atoms with Gasteiger partial charge in [-0.05, 0) is 47.4 Å². The number of hydrogen-bond acceptors (Lipinski definition) is 4. The highest BCUT2D eigenvalue weighted by Crippen LogP contribution is 2.44. The van der Waals surface area contributed by atoms with Crippen molar-refractivity contribution in [3.63, 3.8) is 0 Å². The van der Waals surface area contributed by atoms with Gasteiger partial charge in [-0.25, -0.2) is 9.59 Å². The van der Waals surface area contributed by atoms with Crippen LogP contribution in [-0.4, -0.2) is 41.8 Å². The summed E-state index contributed by atoms with van der Waals surface area (Å²) in [6, 6.07) is 14.0. The van der Waals surface area contributed by atoms with E-state index >= 15 is 0 Å². The van der Waals surface area contributed by atoms with Gasteiger partial charge < -0.3 is 20.5 Å². The molecular formula is C27H32N2O5. The molecule has 0 aromatic heterocycles. The maximum absolute atomic E-state index is 12.7. The molecule has 7 nitrogen and oxygen atoms in total. The molecule has 2 aromatic carbocycles. The summed E-state index contributed by atoms with van der Waals surface area (Å²) in [5.74, 6) is -1.48. The molecule has 3 rings (SSSR count). The minimum Gasteiger partial charge on any atom is -0.480 e. The molecule has 34 heavy (non-hydrogen) atoms. The summed E-state index contributed by atoms with van der Waals surface area (Å²) in [4.78, 5) is 36.9. The first-order valence-electron chi connectivity index (χ1n) is 11.6. The van der Waals surface area contributed by atoms with Gasteiger partial charge in [0, 0.05) is 5.92 Å². The Morgan fingerprint density at radius 1 is 0.971 bits per heavy atom. The van der Waals surface area contributed by atoms with Crippen LogP contribution in [0.3, 0.4) is 0 Å². The average Bonchev–Trinajstić information content (AvgIpc) is 3.13. The van der Waals surface area contributed by atoms with Crippen LogP contribution in [0.5, 0.6) is 0 Å². The van der Waals surface area contributed by atoms with Crippen molar-refractivity contribution in [3.8, 4) is 11.1 Å². The molecule has 0 radical (unpaired) electrons. The fourth-order valence-corrected chi connectivity index (χ4v) is 4.21. The topological polar surface area (TPSA) is 105 Å². The largest absolute Gasteiger partial charge is 0.480 e. The van der Waals surface area contributed by atoms with Crippen molar-refractivity contribution in [2.75, 3.05) is 6.61 Å². The number of hydrogen-bond donors (Lipinski definition) is 3. The fourth-order valence-electron chi connectivity index (χ4n) is 4.21. The molecule has 2 atom stereocenters. The van der Waals surface area contributed by atoms with Crippen LogP contribution in [-0.2, 0) is 14.3 Å². The molecule has 3 N–H and O–H groups in total. The third-order valence-electron chi connectivity index (χ3n) is 6.00. The lowest BCUT2D eigenvalue weighted by molar-refractivity contribution is -0.142. The van der Waals surface area contributed by atoms with E-state index in [9.17, 15) is 19.5 Å². The number of benzene rings is 2. The van der Waals surface area contributed by atoms with E-state index in [0.29, 0.717) is 18.8 Å². The second-order valence-electron chi connectivity index (χ2n) is 8.92. The lowest BCUT2D eigenvalue weighted by atomic mass is 9.98. The van der Waals surface area contributed by atoms with Crippen molar-refractivity contribution in [2.24, 2.45) is 5.92 Å².